The molecular formula is C13H24. The van der Waals surface area contributed by atoms with E-state index in [1.165, 1.54) is 32.1 Å². The van der Waals surface area contributed by atoms with E-state index in [1.807, 2.05) is 0 Å². The zero-order chi connectivity index (χ0) is 9.90. The third-order valence-electron chi connectivity index (χ3n) is 2.91. The molecule has 0 heteroatoms. The molecule has 13 heavy (non-hydrogen) atoms. The number of hydrogen-bond acceptors (Lipinski definition) is 0. The third kappa shape index (κ3) is 3.97. The molecule has 0 bridgehead atoms. The summed E-state index contributed by atoms with van der Waals surface area (Å²) in [6.45, 7) is 9.19. The van der Waals surface area contributed by atoms with E-state index >= 15 is 0 Å². The van der Waals surface area contributed by atoms with Gasteiger partial charge in [0.15, 0.2) is 0 Å². The molecule has 0 aliphatic heterocycles. The summed E-state index contributed by atoms with van der Waals surface area (Å²) in [5.74, 6) is 0.896. The summed E-state index contributed by atoms with van der Waals surface area (Å²) in [7, 11) is 0. The Hall–Kier alpha value is -0.260. The number of hydrogen-bond donors (Lipinski definition) is 0. The van der Waals surface area contributed by atoms with Crippen LogP contribution in [0.25, 0.3) is 0 Å². The van der Waals surface area contributed by atoms with Crippen molar-refractivity contribution in [1.82, 2.24) is 0 Å². The molecule has 0 N–H and O–H groups in total. The van der Waals surface area contributed by atoms with E-state index in [0.29, 0.717) is 5.41 Å². The molecule has 76 valence electrons. The Kier molecular flexibility index (Phi) is 3.58. The van der Waals surface area contributed by atoms with Gasteiger partial charge >= 0.3 is 0 Å². The van der Waals surface area contributed by atoms with Crippen LogP contribution < -0.4 is 0 Å². The molecule has 0 aromatic rings. The molecule has 0 unspecified atom stereocenters. The van der Waals surface area contributed by atoms with Crippen LogP contribution in [0.3, 0.4) is 0 Å². The van der Waals surface area contributed by atoms with E-state index in [4.69, 9.17) is 0 Å². The fraction of sp³-hybridized carbons (Fsp3) is 0.846. The van der Waals surface area contributed by atoms with Crippen LogP contribution in [0, 0.1) is 11.3 Å². The molecule has 1 saturated carbocycles. The monoisotopic (exact) mass is 180 g/mol. The maximum absolute atomic E-state index is 2.46. The lowest BCUT2D eigenvalue weighted by molar-refractivity contribution is 0.396. The van der Waals surface area contributed by atoms with E-state index in [-0.39, 0.29) is 0 Å². The van der Waals surface area contributed by atoms with Crippen LogP contribution in [0.1, 0.15) is 59.8 Å². The van der Waals surface area contributed by atoms with Crippen LogP contribution in [0.5, 0.6) is 0 Å². The molecule has 0 aromatic heterocycles. The average Bonchev–Trinajstić information content (AvgIpc) is 2.03. The maximum atomic E-state index is 2.46. The largest absolute Gasteiger partial charge is 0.0799 e. The van der Waals surface area contributed by atoms with Gasteiger partial charge in [0.1, 0.15) is 0 Å². The predicted molar refractivity (Wildman–Crippen MR) is 59.8 cm³/mol. The van der Waals surface area contributed by atoms with Gasteiger partial charge in [-0.15, -0.1) is 0 Å². The minimum absolute atomic E-state index is 0.363. The van der Waals surface area contributed by atoms with Crippen molar-refractivity contribution in [3.8, 4) is 0 Å². The van der Waals surface area contributed by atoms with Crippen molar-refractivity contribution in [3.05, 3.63) is 11.6 Å². The summed E-state index contributed by atoms with van der Waals surface area (Å²) < 4.78 is 0. The summed E-state index contributed by atoms with van der Waals surface area (Å²) in [6.07, 6.45) is 9.67. The minimum atomic E-state index is 0.363. The lowest BCUT2D eigenvalue weighted by atomic mass is 9.81. The van der Waals surface area contributed by atoms with Crippen molar-refractivity contribution in [1.29, 1.82) is 0 Å². The molecule has 1 rings (SSSR count). The number of allylic oxidation sites excluding steroid dienone is 2. The Morgan fingerprint density at radius 3 is 2.08 bits per heavy atom. The minimum Gasteiger partial charge on any atom is -0.0799 e. The molecular weight excluding hydrogens is 156 g/mol. The van der Waals surface area contributed by atoms with Crippen molar-refractivity contribution < 1.29 is 0 Å². The highest BCUT2D eigenvalue weighted by Crippen LogP contribution is 2.31. The average molecular weight is 180 g/mol. The molecule has 0 amide bonds. The van der Waals surface area contributed by atoms with Gasteiger partial charge in [0.2, 0.25) is 0 Å². The highest BCUT2D eigenvalue weighted by atomic mass is 14.2. The second kappa shape index (κ2) is 4.30. The standard InChI is InChI=1S/C13H24/c1-11(10-13(2,3)4)12-8-6-5-7-9-12/h10,12H,5-9H2,1-4H3. The zero-order valence-electron chi connectivity index (χ0n) is 9.69. The molecule has 0 saturated heterocycles. The lowest BCUT2D eigenvalue weighted by Gasteiger charge is -2.25. The second-order valence-corrected chi connectivity index (χ2v) is 5.59. The summed E-state index contributed by atoms with van der Waals surface area (Å²) in [6, 6.07) is 0. The van der Waals surface area contributed by atoms with Crippen LogP contribution in [0.2, 0.25) is 0 Å². The third-order valence-corrected chi connectivity index (χ3v) is 2.91. The van der Waals surface area contributed by atoms with Gasteiger partial charge in [-0.2, -0.15) is 0 Å². The predicted octanol–water partition coefficient (Wildman–Crippen LogP) is 4.56. The second-order valence-electron chi connectivity index (χ2n) is 5.59. The van der Waals surface area contributed by atoms with Crippen LogP contribution in [-0.2, 0) is 0 Å². The molecule has 0 atom stereocenters. The normalized spacial score (nSPS) is 22.0. The van der Waals surface area contributed by atoms with Crippen LogP contribution in [-0.4, -0.2) is 0 Å². The van der Waals surface area contributed by atoms with E-state index in [9.17, 15) is 0 Å². The molecule has 0 spiro atoms. The number of rotatable bonds is 1. The fourth-order valence-corrected chi connectivity index (χ4v) is 2.36. The lowest BCUT2D eigenvalue weighted by Crippen LogP contribution is -2.10. The van der Waals surface area contributed by atoms with E-state index < -0.39 is 0 Å². The summed E-state index contributed by atoms with van der Waals surface area (Å²) in [4.78, 5) is 0. The molecule has 1 aliphatic carbocycles. The summed E-state index contributed by atoms with van der Waals surface area (Å²) in [5, 5.41) is 0. The van der Waals surface area contributed by atoms with Crippen molar-refractivity contribution in [2.24, 2.45) is 11.3 Å². The first-order valence-corrected chi connectivity index (χ1v) is 5.68. The van der Waals surface area contributed by atoms with Crippen LogP contribution in [0.4, 0.5) is 0 Å². The van der Waals surface area contributed by atoms with E-state index in [0.717, 1.165) is 5.92 Å². The SMILES string of the molecule is CC(=CC(C)(C)C)C1CCCCC1. The van der Waals surface area contributed by atoms with Gasteiger partial charge in [0, 0.05) is 0 Å². The molecule has 0 aromatic carbocycles. The quantitative estimate of drug-likeness (QED) is 0.519. The Labute approximate surface area is 83.4 Å². The van der Waals surface area contributed by atoms with Gasteiger partial charge < -0.3 is 0 Å². The fourth-order valence-electron chi connectivity index (χ4n) is 2.36. The Morgan fingerprint density at radius 2 is 1.62 bits per heavy atom. The van der Waals surface area contributed by atoms with Gasteiger partial charge in [-0.25, -0.2) is 0 Å². The van der Waals surface area contributed by atoms with Crippen molar-refractivity contribution in [3.63, 3.8) is 0 Å². The Morgan fingerprint density at radius 1 is 1.08 bits per heavy atom. The highest BCUT2D eigenvalue weighted by Gasteiger charge is 2.16. The topological polar surface area (TPSA) is 0 Å². The van der Waals surface area contributed by atoms with Gasteiger partial charge in [-0.1, -0.05) is 51.7 Å². The first-order valence-electron chi connectivity index (χ1n) is 5.68. The molecule has 1 aliphatic rings. The Bertz CT molecular complexity index is 175. The van der Waals surface area contributed by atoms with E-state index in [1.54, 1.807) is 5.57 Å². The van der Waals surface area contributed by atoms with Gasteiger partial charge in [0.05, 0.1) is 0 Å². The van der Waals surface area contributed by atoms with Crippen LogP contribution in [0.15, 0.2) is 11.6 Å². The molecule has 0 heterocycles. The van der Waals surface area contributed by atoms with E-state index in [2.05, 4.69) is 33.8 Å². The molecule has 0 radical (unpaired) electrons. The zero-order valence-corrected chi connectivity index (χ0v) is 9.69. The van der Waals surface area contributed by atoms with Gasteiger partial charge in [0.25, 0.3) is 0 Å². The first kappa shape index (κ1) is 10.8. The van der Waals surface area contributed by atoms with Crippen molar-refractivity contribution >= 4 is 0 Å². The van der Waals surface area contributed by atoms with Crippen molar-refractivity contribution in [2.75, 3.05) is 0 Å². The first-order chi connectivity index (χ1) is 5.99. The smallest absolute Gasteiger partial charge is 0.0200 e. The summed E-state index contributed by atoms with van der Waals surface area (Å²) in [5.41, 5.74) is 1.99. The Balaban J connectivity index is 2.54. The van der Waals surface area contributed by atoms with Crippen LogP contribution >= 0.6 is 0 Å². The van der Waals surface area contributed by atoms with Gasteiger partial charge in [-0.3, -0.25) is 0 Å². The molecule has 1 fully saturated rings. The summed E-state index contributed by atoms with van der Waals surface area (Å²) >= 11 is 0. The van der Waals surface area contributed by atoms with Crippen molar-refractivity contribution in [2.45, 2.75) is 59.8 Å². The molecule has 0 nitrogen and oxygen atoms in total. The highest BCUT2D eigenvalue weighted by molar-refractivity contribution is 5.08. The maximum Gasteiger partial charge on any atom is -0.0200 e. The van der Waals surface area contributed by atoms with Gasteiger partial charge in [-0.05, 0) is 31.1 Å².